The molecule has 1 nitrogen and oxygen atoms in total. The van der Waals surface area contributed by atoms with Crippen LogP contribution in [-0.2, 0) is 0 Å². The second-order valence-corrected chi connectivity index (χ2v) is 6.18. The van der Waals surface area contributed by atoms with Crippen LogP contribution in [0.1, 0.15) is 43.7 Å². The standard InChI is InChI=1S/C14H19F2NS/c15-12-8-4-7-11(14(12)16)13(17)9-18-10-5-2-1-3-6-10/h4,7-8,10,13H,1-3,5-6,9,17H2. The van der Waals surface area contributed by atoms with E-state index in [4.69, 9.17) is 5.73 Å². The fourth-order valence-electron chi connectivity index (χ4n) is 2.37. The van der Waals surface area contributed by atoms with Crippen LogP contribution in [0.25, 0.3) is 0 Å². The Bertz CT molecular complexity index is 391. The molecule has 1 aromatic rings. The van der Waals surface area contributed by atoms with Crippen LogP contribution in [0.5, 0.6) is 0 Å². The van der Waals surface area contributed by atoms with Crippen LogP contribution in [0.2, 0.25) is 0 Å². The minimum atomic E-state index is -0.814. The fraction of sp³-hybridized carbons (Fsp3) is 0.571. The molecule has 1 aromatic carbocycles. The molecule has 1 atom stereocenters. The van der Waals surface area contributed by atoms with Crippen molar-refractivity contribution in [3.63, 3.8) is 0 Å². The highest BCUT2D eigenvalue weighted by atomic mass is 32.2. The zero-order chi connectivity index (χ0) is 13.0. The van der Waals surface area contributed by atoms with Crippen molar-refractivity contribution in [2.75, 3.05) is 5.75 Å². The maximum absolute atomic E-state index is 13.6. The number of benzene rings is 1. The Labute approximate surface area is 111 Å². The van der Waals surface area contributed by atoms with E-state index in [1.165, 1.54) is 38.2 Å². The Morgan fingerprint density at radius 1 is 1.22 bits per heavy atom. The molecule has 1 aliphatic carbocycles. The van der Waals surface area contributed by atoms with E-state index < -0.39 is 17.7 Å². The first-order valence-corrected chi connectivity index (χ1v) is 7.54. The highest BCUT2D eigenvalue weighted by molar-refractivity contribution is 7.99. The molecule has 1 aliphatic rings. The monoisotopic (exact) mass is 271 g/mol. The molecule has 1 saturated carbocycles. The molecule has 0 bridgehead atoms. The molecule has 0 saturated heterocycles. The molecule has 0 radical (unpaired) electrons. The second-order valence-electron chi connectivity index (χ2n) is 4.84. The zero-order valence-electron chi connectivity index (χ0n) is 10.4. The van der Waals surface area contributed by atoms with Gasteiger partial charge in [-0.25, -0.2) is 8.78 Å². The maximum Gasteiger partial charge on any atom is 0.163 e. The Kier molecular flexibility index (Phi) is 5.01. The van der Waals surface area contributed by atoms with Crippen molar-refractivity contribution in [2.45, 2.75) is 43.4 Å². The van der Waals surface area contributed by atoms with E-state index in [9.17, 15) is 8.78 Å². The van der Waals surface area contributed by atoms with Crippen molar-refractivity contribution < 1.29 is 8.78 Å². The Morgan fingerprint density at radius 3 is 2.67 bits per heavy atom. The van der Waals surface area contributed by atoms with Crippen molar-refractivity contribution in [3.05, 3.63) is 35.4 Å². The summed E-state index contributed by atoms with van der Waals surface area (Å²) in [5.41, 5.74) is 6.24. The predicted molar refractivity (Wildman–Crippen MR) is 72.6 cm³/mol. The summed E-state index contributed by atoms with van der Waals surface area (Å²) in [6, 6.07) is 3.79. The summed E-state index contributed by atoms with van der Waals surface area (Å²) < 4.78 is 26.7. The zero-order valence-corrected chi connectivity index (χ0v) is 11.2. The molecule has 18 heavy (non-hydrogen) atoms. The molecule has 4 heteroatoms. The molecular formula is C14H19F2NS. The Morgan fingerprint density at radius 2 is 1.94 bits per heavy atom. The summed E-state index contributed by atoms with van der Waals surface area (Å²) in [5, 5.41) is 0.640. The number of thioether (sulfide) groups is 1. The summed E-state index contributed by atoms with van der Waals surface area (Å²) in [6.45, 7) is 0. The van der Waals surface area contributed by atoms with Gasteiger partial charge in [-0.05, 0) is 18.9 Å². The van der Waals surface area contributed by atoms with Crippen LogP contribution in [0.15, 0.2) is 18.2 Å². The van der Waals surface area contributed by atoms with Gasteiger partial charge in [-0.3, -0.25) is 0 Å². The topological polar surface area (TPSA) is 26.0 Å². The first-order valence-electron chi connectivity index (χ1n) is 6.49. The molecule has 1 fully saturated rings. The number of rotatable bonds is 4. The molecule has 2 N–H and O–H groups in total. The lowest BCUT2D eigenvalue weighted by atomic mass is 10.0. The van der Waals surface area contributed by atoms with Crippen LogP contribution >= 0.6 is 11.8 Å². The summed E-state index contributed by atoms with van der Waals surface area (Å²) in [7, 11) is 0. The van der Waals surface area contributed by atoms with Crippen LogP contribution < -0.4 is 5.73 Å². The second kappa shape index (κ2) is 6.53. The summed E-state index contributed by atoms with van der Waals surface area (Å²) in [4.78, 5) is 0. The predicted octanol–water partition coefficient (Wildman–Crippen LogP) is 4.03. The molecule has 2 rings (SSSR count). The molecule has 0 spiro atoms. The van der Waals surface area contributed by atoms with Gasteiger partial charge in [0, 0.05) is 22.6 Å². The first kappa shape index (κ1) is 13.8. The van der Waals surface area contributed by atoms with E-state index in [1.54, 1.807) is 17.8 Å². The van der Waals surface area contributed by atoms with Gasteiger partial charge in [0.1, 0.15) is 0 Å². The van der Waals surface area contributed by atoms with Gasteiger partial charge in [-0.2, -0.15) is 11.8 Å². The van der Waals surface area contributed by atoms with Gasteiger partial charge in [0.2, 0.25) is 0 Å². The molecule has 0 aliphatic heterocycles. The van der Waals surface area contributed by atoms with Gasteiger partial charge in [-0.1, -0.05) is 31.4 Å². The van der Waals surface area contributed by atoms with Gasteiger partial charge in [0.15, 0.2) is 11.6 Å². The Hall–Kier alpha value is -0.610. The molecule has 0 aromatic heterocycles. The van der Waals surface area contributed by atoms with Crippen molar-refractivity contribution in [2.24, 2.45) is 5.73 Å². The average molecular weight is 271 g/mol. The van der Waals surface area contributed by atoms with Crippen LogP contribution in [0.3, 0.4) is 0 Å². The number of halogens is 2. The summed E-state index contributed by atoms with van der Waals surface area (Å²) in [5.74, 6) is -0.953. The lowest BCUT2D eigenvalue weighted by molar-refractivity contribution is 0.492. The normalized spacial score (nSPS) is 18.8. The highest BCUT2D eigenvalue weighted by Gasteiger charge is 2.18. The van der Waals surface area contributed by atoms with Crippen molar-refractivity contribution >= 4 is 11.8 Å². The minimum absolute atomic E-state index is 0.290. The molecule has 100 valence electrons. The van der Waals surface area contributed by atoms with Crippen molar-refractivity contribution in [3.8, 4) is 0 Å². The lowest BCUT2D eigenvalue weighted by Crippen LogP contribution is -2.18. The van der Waals surface area contributed by atoms with Gasteiger partial charge >= 0.3 is 0 Å². The van der Waals surface area contributed by atoms with Crippen LogP contribution in [0.4, 0.5) is 8.78 Å². The maximum atomic E-state index is 13.6. The number of hydrogen-bond acceptors (Lipinski definition) is 2. The highest BCUT2D eigenvalue weighted by Crippen LogP contribution is 2.31. The van der Waals surface area contributed by atoms with E-state index in [0.717, 1.165) is 6.07 Å². The van der Waals surface area contributed by atoms with E-state index in [0.29, 0.717) is 16.6 Å². The van der Waals surface area contributed by atoms with Gasteiger partial charge in [-0.15, -0.1) is 0 Å². The quantitative estimate of drug-likeness (QED) is 0.894. The van der Waals surface area contributed by atoms with Crippen LogP contribution in [0, 0.1) is 11.6 Å². The van der Waals surface area contributed by atoms with Crippen molar-refractivity contribution in [1.29, 1.82) is 0 Å². The number of hydrogen-bond donors (Lipinski definition) is 1. The van der Waals surface area contributed by atoms with Crippen LogP contribution in [-0.4, -0.2) is 11.0 Å². The smallest absolute Gasteiger partial charge is 0.163 e. The van der Waals surface area contributed by atoms with Crippen molar-refractivity contribution in [1.82, 2.24) is 0 Å². The average Bonchev–Trinajstić information content (AvgIpc) is 2.40. The SMILES string of the molecule is NC(CSC1CCCCC1)c1cccc(F)c1F. The summed E-state index contributed by atoms with van der Waals surface area (Å²) in [6.07, 6.45) is 6.33. The molecule has 0 amide bonds. The first-order chi connectivity index (χ1) is 8.68. The third-order valence-electron chi connectivity index (χ3n) is 3.44. The third-order valence-corrected chi connectivity index (χ3v) is 4.94. The number of nitrogens with two attached hydrogens (primary N) is 1. The minimum Gasteiger partial charge on any atom is -0.323 e. The van der Waals surface area contributed by atoms with E-state index in [2.05, 4.69) is 0 Å². The molecular weight excluding hydrogens is 252 g/mol. The van der Waals surface area contributed by atoms with E-state index >= 15 is 0 Å². The lowest BCUT2D eigenvalue weighted by Gasteiger charge is -2.22. The molecule has 0 heterocycles. The Balaban J connectivity index is 1.90. The van der Waals surface area contributed by atoms with Gasteiger partial charge < -0.3 is 5.73 Å². The fourth-order valence-corrected chi connectivity index (χ4v) is 3.69. The van der Waals surface area contributed by atoms with E-state index in [1.807, 2.05) is 0 Å². The summed E-state index contributed by atoms with van der Waals surface area (Å²) >= 11 is 1.80. The van der Waals surface area contributed by atoms with E-state index in [-0.39, 0.29) is 0 Å². The molecule has 1 unspecified atom stereocenters. The third kappa shape index (κ3) is 3.45. The largest absolute Gasteiger partial charge is 0.323 e. The van der Waals surface area contributed by atoms with Gasteiger partial charge in [0.25, 0.3) is 0 Å². The van der Waals surface area contributed by atoms with Gasteiger partial charge in [0.05, 0.1) is 0 Å².